The third-order valence-electron chi connectivity index (χ3n) is 4.23. The molecule has 3 heteroatoms. The van der Waals surface area contributed by atoms with Gasteiger partial charge in [-0.25, -0.2) is 4.39 Å². The number of hydrogen-bond donors (Lipinski definition) is 1. The Morgan fingerprint density at radius 1 is 1.32 bits per heavy atom. The molecule has 0 bridgehead atoms. The van der Waals surface area contributed by atoms with Crippen LogP contribution in [0.5, 0.6) is 0 Å². The minimum atomic E-state index is -0.304. The second-order valence-electron chi connectivity index (χ2n) is 6.89. The average Bonchev–Trinajstić information content (AvgIpc) is 3.10. The molecule has 0 unspecified atom stereocenters. The van der Waals surface area contributed by atoms with Gasteiger partial charge >= 0.3 is 0 Å². The summed E-state index contributed by atoms with van der Waals surface area (Å²) in [5, 5.41) is 0.260. The molecule has 0 aromatic heterocycles. The molecule has 0 spiro atoms. The van der Waals surface area contributed by atoms with Crippen molar-refractivity contribution in [3.05, 3.63) is 34.1 Å². The van der Waals surface area contributed by atoms with Gasteiger partial charge in [-0.2, -0.15) is 0 Å². The van der Waals surface area contributed by atoms with Gasteiger partial charge in [-0.1, -0.05) is 38.4 Å². The molecule has 1 aliphatic carbocycles. The van der Waals surface area contributed by atoms with Crippen LogP contribution in [0.25, 0.3) is 0 Å². The molecule has 2 N–H and O–H groups in total. The van der Waals surface area contributed by atoms with E-state index in [0.29, 0.717) is 5.41 Å². The van der Waals surface area contributed by atoms with Crippen LogP contribution in [0.4, 0.5) is 4.39 Å². The molecule has 0 amide bonds. The summed E-state index contributed by atoms with van der Waals surface area (Å²) in [6.07, 6.45) is 4.36. The van der Waals surface area contributed by atoms with E-state index in [1.54, 1.807) is 6.07 Å². The Bertz CT molecular complexity index is 472. The predicted molar refractivity (Wildman–Crippen MR) is 79.2 cm³/mol. The van der Waals surface area contributed by atoms with Crippen molar-refractivity contribution in [1.82, 2.24) is 0 Å². The van der Waals surface area contributed by atoms with E-state index in [1.807, 2.05) is 0 Å². The van der Waals surface area contributed by atoms with Gasteiger partial charge in [0.05, 0.1) is 5.02 Å². The van der Waals surface area contributed by atoms with Crippen molar-refractivity contribution in [3.63, 3.8) is 0 Å². The zero-order valence-corrected chi connectivity index (χ0v) is 12.8. The van der Waals surface area contributed by atoms with Crippen LogP contribution in [0.3, 0.4) is 0 Å². The molecule has 1 aromatic carbocycles. The Kier molecular flexibility index (Phi) is 3.95. The lowest BCUT2D eigenvalue weighted by atomic mass is 9.85. The summed E-state index contributed by atoms with van der Waals surface area (Å²) in [4.78, 5) is 0. The van der Waals surface area contributed by atoms with E-state index in [9.17, 15) is 4.39 Å². The van der Waals surface area contributed by atoms with Gasteiger partial charge in [0.25, 0.3) is 0 Å². The highest BCUT2D eigenvalue weighted by Crippen LogP contribution is 2.48. The van der Waals surface area contributed by atoms with Crippen LogP contribution >= 0.6 is 11.6 Å². The number of benzene rings is 1. The highest BCUT2D eigenvalue weighted by molar-refractivity contribution is 6.31. The highest BCUT2D eigenvalue weighted by atomic mass is 35.5. The second kappa shape index (κ2) is 5.06. The van der Waals surface area contributed by atoms with Gasteiger partial charge in [-0.05, 0) is 60.3 Å². The van der Waals surface area contributed by atoms with Crippen LogP contribution in [0, 0.1) is 11.2 Å². The Labute approximate surface area is 120 Å². The van der Waals surface area contributed by atoms with E-state index in [2.05, 4.69) is 26.8 Å². The number of halogens is 2. The smallest absolute Gasteiger partial charge is 0.142 e. The predicted octanol–water partition coefficient (Wildman–Crippen LogP) is 4.45. The molecule has 1 fully saturated rings. The highest BCUT2D eigenvalue weighted by Gasteiger charge is 2.40. The van der Waals surface area contributed by atoms with Gasteiger partial charge in [0.1, 0.15) is 5.82 Å². The van der Waals surface area contributed by atoms with Crippen molar-refractivity contribution in [3.8, 4) is 0 Å². The molecule has 0 heterocycles. The van der Waals surface area contributed by atoms with Crippen molar-refractivity contribution >= 4 is 11.6 Å². The maximum absolute atomic E-state index is 13.9. The summed E-state index contributed by atoms with van der Waals surface area (Å²) in [6, 6.07) is 3.63. The van der Waals surface area contributed by atoms with Crippen molar-refractivity contribution in [1.29, 1.82) is 0 Å². The van der Waals surface area contributed by atoms with Crippen LogP contribution in [0.15, 0.2) is 12.1 Å². The summed E-state index contributed by atoms with van der Waals surface area (Å²) in [6.45, 7) is 6.91. The van der Waals surface area contributed by atoms with E-state index in [1.165, 1.54) is 12.8 Å². The van der Waals surface area contributed by atoms with Crippen molar-refractivity contribution in [2.45, 2.75) is 51.9 Å². The van der Waals surface area contributed by atoms with Crippen molar-refractivity contribution in [2.75, 3.05) is 6.54 Å². The molecular formula is C16H23ClFN. The van der Waals surface area contributed by atoms with E-state index in [-0.39, 0.29) is 16.3 Å². The second-order valence-corrected chi connectivity index (χ2v) is 7.27. The molecule has 0 aliphatic heterocycles. The van der Waals surface area contributed by atoms with Crippen molar-refractivity contribution < 1.29 is 4.39 Å². The SMILES string of the molecule is CC(C)(C)c1cc(CCC2(CN)CC2)cc(F)c1Cl. The van der Waals surface area contributed by atoms with Crippen LogP contribution in [0.1, 0.15) is 51.2 Å². The number of hydrogen-bond acceptors (Lipinski definition) is 1. The van der Waals surface area contributed by atoms with E-state index in [0.717, 1.165) is 30.5 Å². The van der Waals surface area contributed by atoms with Gasteiger partial charge < -0.3 is 5.73 Å². The topological polar surface area (TPSA) is 26.0 Å². The quantitative estimate of drug-likeness (QED) is 0.868. The third kappa shape index (κ3) is 3.29. The van der Waals surface area contributed by atoms with Crippen LogP contribution in [0.2, 0.25) is 5.02 Å². The van der Waals surface area contributed by atoms with Gasteiger partial charge in [0.2, 0.25) is 0 Å². The number of rotatable bonds is 4. The Hall–Kier alpha value is -0.600. The third-order valence-corrected chi connectivity index (χ3v) is 4.61. The van der Waals surface area contributed by atoms with Gasteiger partial charge in [-0.3, -0.25) is 0 Å². The fourth-order valence-electron chi connectivity index (χ4n) is 2.48. The van der Waals surface area contributed by atoms with Crippen LogP contribution in [-0.4, -0.2) is 6.54 Å². The first-order chi connectivity index (χ1) is 8.77. The minimum Gasteiger partial charge on any atom is -0.330 e. The normalized spacial score (nSPS) is 17.6. The largest absolute Gasteiger partial charge is 0.330 e. The maximum atomic E-state index is 13.9. The summed E-state index contributed by atoms with van der Waals surface area (Å²) < 4.78 is 13.9. The minimum absolute atomic E-state index is 0.140. The number of aryl methyl sites for hydroxylation is 1. The van der Waals surface area contributed by atoms with Gasteiger partial charge in [0.15, 0.2) is 0 Å². The van der Waals surface area contributed by atoms with Crippen molar-refractivity contribution in [2.24, 2.45) is 11.1 Å². The molecule has 2 rings (SSSR count). The first-order valence-corrected chi connectivity index (χ1v) is 7.34. The molecule has 1 saturated carbocycles. The molecule has 19 heavy (non-hydrogen) atoms. The van der Waals surface area contributed by atoms with E-state index in [4.69, 9.17) is 17.3 Å². The maximum Gasteiger partial charge on any atom is 0.142 e. The molecule has 0 atom stereocenters. The van der Waals surface area contributed by atoms with Crippen LogP contribution in [-0.2, 0) is 11.8 Å². The Morgan fingerprint density at radius 3 is 2.42 bits per heavy atom. The summed E-state index contributed by atoms with van der Waals surface area (Å²) >= 11 is 6.08. The Balaban J connectivity index is 2.20. The molecule has 1 aromatic rings. The van der Waals surface area contributed by atoms with Gasteiger partial charge in [-0.15, -0.1) is 0 Å². The standard InChI is InChI=1S/C16H23ClFN/c1-15(2,3)12-8-11(9-13(18)14(12)17)4-5-16(10-19)6-7-16/h8-9H,4-7,10,19H2,1-3H3. The molecule has 0 saturated heterocycles. The van der Waals surface area contributed by atoms with Crippen LogP contribution < -0.4 is 5.73 Å². The first-order valence-electron chi connectivity index (χ1n) is 6.96. The molecule has 0 radical (unpaired) electrons. The zero-order valence-electron chi connectivity index (χ0n) is 12.0. The lowest BCUT2D eigenvalue weighted by molar-refractivity contribution is 0.477. The summed E-state index contributed by atoms with van der Waals surface area (Å²) in [7, 11) is 0. The van der Waals surface area contributed by atoms with Gasteiger partial charge in [0, 0.05) is 0 Å². The monoisotopic (exact) mass is 283 g/mol. The lowest BCUT2D eigenvalue weighted by Gasteiger charge is -2.22. The Morgan fingerprint density at radius 2 is 1.95 bits per heavy atom. The summed E-state index contributed by atoms with van der Waals surface area (Å²) in [5.41, 5.74) is 7.91. The summed E-state index contributed by atoms with van der Waals surface area (Å²) in [5.74, 6) is -0.304. The molecule has 106 valence electrons. The molecule has 1 aliphatic rings. The average molecular weight is 284 g/mol. The lowest BCUT2D eigenvalue weighted by Crippen LogP contribution is -2.17. The molecule has 1 nitrogen and oxygen atoms in total. The number of nitrogens with two attached hydrogens (primary N) is 1. The fraction of sp³-hybridized carbons (Fsp3) is 0.625. The van der Waals surface area contributed by atoms with E-state index >= 15 is 0 Å². The fourth-order valence-corrected chi connectivity index (χ4v) is 2.87. The zero-order chi connectivity index (χ0) is 14.3. The molecular weight excluding hydrogens is 261 g/mol. The van der Waals surface area contributed by atoms with E-state index < -0.39 is 0 Å². The first kappa shape index (κ1) is 14.8.